The fraction of sp³-hybridized carbons (Fsp3) is 0.765. The van der Waals surface area contributed by atoms with Crippen LogP contribution in [0.4, 0.5) is 0 Å². The van der Waals surface area contributed by atoms with Gasteiger partial charge in [0.15, 0.2) is 0 Å². The van der Waals surface area contributed by atoms with Crippen molar-refractivity contribution in [2.45, 2.75) is 50.9 Å². The van der Waals surface area contributed by atoms with Crippen LogP contribution in [0.1, 0.15) is 38.5 Å². The van der Waals surface area contributed by atoms with Gasteiger partial charge in [0.05, 0.1) is 6.10 Å². The third-order valence-electron chi connectivity index (χ3n) is 5.61. The molecule has 1 spiro atoms. The molecule has 2 aliphatic heterocycles. The highest BCUT2D eigenvalue weighted by Crippen LogP contribution is 2.56. The fourth-order valence-corrected chi connectivity index (χ4v) is 3.92. The summed E-state index contributed by atoms with van der Waals surface area (Å²) in [6.45, 7) is 4.34. The zero-order valence-electron chi connectivity index (χ0n) is 12.8. The Morgan fingerprint density at radius 1 is 1.10 bits per heavy atom. The van der Waals surface area contributed by atoms with Crippen LogP contribution in [0.5, 0.6) is 0 Å². The van der Waals surface area contributed by atoms with Gasteiger partial charge in [-0.3, -0.25) is 0 Å². The molecular weight excluding hydrogens is 262 g/mol. The Bertz CT molecular complexity index is 425. The summed E-state index contributed by atoms with van der Waals surface area (Å²) >= 11 is 0. The first-order valence-electron chi connectivity index (χ1n) is 8.59. The summed E-state index contributed by atoms with van der Waals surface area (Å²) < 4.78 is 6.29. The molecule has 3 fully saturated rings. The molecule has 4 nitrogen and oxygen atoms in total. The van der Waals surface area contributed by atoms with Crippen LogP contribution in [0.25, 0.3) is 0 Å². The average Bonchev–Trinajstić information content (AvgIpc) is 3.31. The first-order chi connectivity index (χ1) is 10.3. The fourth-order valence-electron chi connectivity index (χ4n) is 3.92. The molecule has 21 heavy (non-hydrogen) atoms. The molecule has 116 valence electrons. The second-order valence-electron chi connectivity index (χ2n) is 7.08. The van der Waals surface area contributed by atoms with Gasteiger partial charge in [-0.05, 0) is 56.1 Å². The van der Waals surface area contributed by atoms with Crippen LogP contribution in [-0.4, -0.2) is 43.4 Å². The molecule has 2 aliphatic carbocycles. The van der Waals surface area contributed by atoms with E-state index in [0.29, 0.717) is 6.10 Å². The quantitative estimate of drug-likeness (QED) is 0.833. The van der Waals surface area contributed by atoms with E-state index in [0.717, 1.165) is 31.6 Å². The van der Waals surface area contributed by atoms with E-state index in [2.05, 4.69) is 27.7 Å². The van der Waals surface area contributed by atoms with E-state index in [4.69, 9.17) is 4.74 Å². The maximum absolute atomic E-state index is 6.29. The zero-order chi connectivity index (χ0) is 14.1. The predicted octanol–water partition coefficient (Wildman–Crippen LogP) is 1.96. The maximum atomic E-state index is 6.29. The standard InChI is InChI=1S/C17H27N3O/c1-4-17(6-7-17)5-2-15(1)21-16-13-14(3-8-19-16)20-11-9-18-10-12-20/h3,8,13,15-16,18-19H,1-2,4-7,9-12H2. The van der Waals surface area contributed by atoms with Crippen LogP contribution in [0.2, 0.25) is 0 Å². The predicted molar refractivity (Wildman–Crippen MR) is 83.6 cm³/mol. The number of nitrogens with one attached hydrogen (secondary N) is 2. The normalized spacial score (nSPS) is 31.9. The molecule has 4 rings (SSSR count). The second-order valence-corrected chi connectivity index (χ2v) is 7.08. The van der Waals surface area contributed by atoms with Gasteiger partial charge in [0, 0.05) is 38.1 Å². The summed E-state index contributed by atoms with van der Waals surface area (Å²) in [6.07, 6.45) is 15.2. The summed E-state index contributed by atoms with van der Waals surface area (Å²) in [5.41, 5.74) is 2.07. The molecule has 2 N–H and O–H groups in total. The van der Waals surface area contributed by atoms with Crippen molar-refractivity contribution in [1.82, 2.24) is 15.5 Å². The molecule has 0 aromatic rings. The molecule has 2 heterocycles. The van der Waals surface area contributed by atoms with Gasteiger partial charge in [-0.25, -0.2) is 0 Å². The molecule has 4 heteroatoms. The molecule has 0 radical (unpaired) electrons. The summed E-state index contributed by atoms with van der Waals surface area (Å²) in [6, 6.07) is 0. The Morgan fingerprint density at radius 3 is 2.57 bits per heavy atom. The number of hydrogen-bond donors (Lipinski definition) is 2. The number of allylic oxidation sites excluding steroid dienone is 1. The van der Waals surface area contributed by atoms with E-state index in [1.54, 1.807) is 0 Å². The number of nitrogens with zero attached hydrogens (tertiary/aromatic N) is 1. The van der Waals surface area contributed by atoms with Gasteiger partial charge in [-0.2, -0.15) is 0 Å². The van der Waals surface area contributed by atoms with Crippen molar-refractivity contribution in [2.75, 3.05) is 26.2 Å². The third-order valence-corrected chi connectivity index (χ3v) is 5.61. The Balaban J connectivity index is 1.32. The highest BCUT2D eigenvalue weighted by Gasteiger charge is 2.45. The van der Waals surface area contributed by atoms with Crippen molar-refractivity contribution >= 4 is 0 Å². The van der Waals surface area contributed by atoms with Crippen LogP contribution in [0, 0.1) is 5.41 Å². The van der Waals surface area contributed by atoms with E-state index >= 15 is 0 Å². The summed E-state index contributed by atoms with van der Waals surface area (Å²) in [5.74, 6) is 0. The lowest BCUT2D eigenvalue weighted by molar-refractivity contribution is -0.0276. The molecule has 4 aliphatic rings. The minimum absolute atomic E-state index is 0.0538. The Kier molecular flexibility index (Phi) is 3.67. The van der Waals surface area contributed by atoms with Gasteiger partial charge in [0.2, 0.25) is 0 Å². The summed E-state index contributed by atoms with van der Waals surface area (Å²) in [4.78, 5) is 2.45. The molecule has 1 atom stereocenters. The number of hydrogen-bond acceptors (Lipinski definition) is 4. The number of piperazine rings is 1. The van der Waals surface area contributed by atoms with Crippen LogP contribution in [0.15, 0.2) is 24.0 Å². The number of rotatable bonds is 3. The molecule has 2 saturated carbocycles. The number of ether oxygens (including phenoxy) is 1. The zero-order valence-corrected chi connectivity index (χ0v) is 12.8. The van der Waals surface area contributed by atoms with Crippen molar-refractivity contribution in [1.29, 1.82) is 0 Å². The van der Waals surface area contributed by atoms with E-state index in [1.807, 2.05) is 6.20 Å². The maximum Gasteiger partial charge on any atom is 0.149 e. The van der Waals surface area contributed by atoms with Gasteiger partial charge in [0.25, 0.3) is 0 Å². The smallest absolute Gasteiger partial charge is 0.149 e. The van der Waals surface area contributed by atoms with E-state index < -0.39 is 0 Å². The molecular formula is C17H27N3O. The van der Waals surface area contributed by atoms with Crippen molar-refractivity contribution < 1.29 is 4.74 Å². The monoisotopic (exact) mass is 289 g/mol. The lowest BCUT2D eigenvalue weighted by atomic mass is 9.85. The molecule has 1 saturated heterocycles. The van der Waals surface area contributed by atoms with Gasteiger partial charge in [-0.15, -0.1) is 0 Å². The highest BCUT2D eigenvalue weighted by atomic mass is 16.5. The van der Waals surface area contributed by atoms with Gasteiger partial charge >= 0.3 is 0 Å². The van der Waals surface area contributed by atoms with Crippen molar-refractivity contribution in [3.8, 4) is 0 Å². The lowest BCUT2D eigenvalue weighted by Gasteiger charge is -2.35. The topological polar surface area (TPSA) is 36.5 Å². The van der Waals surface area contributed by atoms with Gasteiger partial charge < -0.3 is 20.3 Å². The minimum Gasteiger partial charge on any atom is -0.369 e. The van der Waals surface area contributed by atoms with Gasteiger partial charge in [0.1, 0.15) is 6.23 Å². The highest BCUT2D eigenvalue weighted by molar-refractivity contribution is 5.23. The van der Waals surface area contributed by atoms with Crippen molar-refractivity contribution in [3.05, 3.63) is 24.0 Å². The largest absolute Gasteiger partial charge is 0.369 e. The summed E-state index contributed by atoms with van der Waals surface area (Å²) in [7, 11) is 0. The van der Waals surface area contributed by atoms with Gasteiger partial charge in [-0.1, -0.05) is 0 Å². The van der Waals surface area contributed by atoms with Crippen LogP contribution < -0.4 is 10.6 Å². The molecule has 0 bridgehead atoms. The van der Waals surface area contributed by atoms with E-state index in [9.17, 15) is 0 Å². The first kappa shape index (κ1) is 13.6. The van der Waals surface area contributed by atoms with Crippen LogP contribution in [-0.2, 0) is 4.74 Å². The second kappa shape index (κ2) is 5.65. The SMILES string of the molecule is C1=CC(N2CCNCC2)=CC(OC2CCC3(CC2)CC3)N1. The number of dihydropyridines is 1. The Labute approximate surface area is 127 Å². The summed E-state index contributed by atoms with van der Waals surface area (Å²) in [5, 5.41) is 6.75. The average molecular weight is 289 g/mol. The molecule has 0 aromatic carbocycles. The Morgan fingerprint density at radius 2 is 1.86 bits per heavy atom. The van der Waals surface area contributed by atoms with Crippen molar-refractivity contribution in [3.63, 3.8) is 0 Å². The first-order valence-corrected chi connectivity index (χ1v) is 8.59. The van der Waals surface area contributed by atoms with Crippen molar-refractivity contribution in [2.24, 2.45) is 5.41 Å². The molecule has 0 amide bonds. The molecule has 0 aromatic heterocycles. The van der Waals surface area contributed by atoms with E-state index in [-0.39, 0.29) is 6.23 Å². The third kappa shape index (κ3) is 3.11. The minimum atomic E-state index is 0.0538. The Hall–Kier alpha value is -1.00. The lowest BCUT2D eigenvalue weighted by Crippen LogP contribution is -2.44. The molecule has 1 unspecified atom stereocenters. The van der Waals surface area contributed by atoms with Crippen LogP contribution >= 0.6 is 0 Å². The van der Waals surface area contributed by atoms with Crippen LogP contribution in [0.3, 0.4) is 0 Å². The van der Waals surface area contributed by atoms with E-state index in [1.165, 1.54) is 44.2 Å².